The molecular weight excluding hydrogens is 627 g/mol. The molecular formula is C30H30F7N5O4. The van der Waals surface area contributed by atoms with Crippen molar-refractivity contribution in [3.05, 3.63) is 65.0 Å². The van der Waals surface area contributed by atoms with Gasteiger partial charge in [-0.3, -0.25) is 14.5 Å². The van der Waals surface area contributed by atoms with Crippen molar-refractivity contribution in [1.29, 1.82) is 0 Å². The van der Waals surface area contributed by atoms with Gasteiger partial charge >= 0.3 is 18.4 Å². The van der Waals surface area contributed by atoms with Gasteiger partial charge in [-0.2, -0.15) is 31.3 Å². The number of rotatable bonds is 4. The third kappa shape index (κ3) is 6.89. The number of nitrogens with zero attached hydrogens (tertiary/aromatic N) is 5. The molecule has 0 N–H and O–H groups in total. The van der Waals surface area contributed by atoms with Gasteiger partial charge in [-0.25, -0.2) is 9.18 Å². The predicted octanol–water partition coefficient (Wildman–Crippen LogP) is 4.97. The summed E-state index contributed by atoms with van der Waals surface area (Å²) < 4.78 is 100.0. The molecule has 0 saturated carbocycles. The number of ether oxygens (including phenoxy) is 1. The summed E-state index contributed by atoms with van der Waals surface area (Å²) in [6.07, 6.45) is -9.33. The molecule has 248 valence electrons. The van der Waals surface area contributed by atoms with E-state index in [2.05, 4.69) is 4.99 Å². The Hall–Kier alpha value is -4.37. The highest BCUT2D eigenvalue weighted by atomic mass is 19.4. The second-order valence-electron chi connectivity index (χ2n) is 11.5. The van der Waals surface area contributed by atoms with E-state index in [9.17, 15) is 45.1 Å². The van der Waals surface area contributed by atoms with E-state index in [1.165, 1.54) is 36.2 Å². The van der Waals surface area contributed by atoms with Crippen LogP contribution in [0.3, 0.4) is 0 Å². The molecule has 0 unspecified atom stereocenters. The molecule has 16 heteroatoms. The van der Waals surface area contributed by atoms with E-state index in [4.69, 9.17) is 4.74 Å². The first kappa shape index (κ1) is 33.0. The molecule has 2 fully saturated rings. The van der Waals surface area contributed by atoms with Crippen molar-refractivity contribution in [2.24, 2.45) is 10.9 Å². The topological polar surface area (TPSA) is 85.8 Å². The number of likely N-dealkylation sites (tertiary alicyclic amines) is 2. The second-order valence-corrected chi connectivity index (χ2v) is 11.5. The Morgan fingerprint density at radius 2 is 1.50 bits per heavy atom. The summed E-state index contributed by atoms with van der Waals surface area (Å²) in [4.78, 5) is 47.8. The van der Waals surface area contributed by atoms with E-state index in [0.717, 1.165) is 7.05 Å². The van der Waals surface area contributed by atoms with Gasteiger partial charge in [-0.05, 0) is 48.7 Å². The van der Waals surface area contributed by atoms with Gasteiger partial charge in [-0.15, -0.1) is 0 Å². The molecule has 2 aromatic rings. The highest BCUT2D eigenvalue weighted by molar-refractivity contribution is 5.96. The van der Waals surface area contributed by atoms with Crippen LogP contribution in [-0.4, -0.2) is 91.5 Å². The molecule has 9 nitrogen and oxygen atoms in total. The van der Waals surface area contributed by atoms with E-state index in [1.54, 1.807) is 9.80 Å². The van der Waals surface area contributed by atoms with E-state index in [0.29, 0.717) is 48.5 Å². The number of amides is 4. The highest BCUT2D eigenvalue weighted by Crippen LogP contribution is 2.39. The molecule has 0 bridgehead atoms. The lowest BCUT2D eigenvalue weighted by molar-refractivity contribution is -0.143. The molecule has 46 heavy (non-hydrogen) atoms. The fraction of sp³-hybridized carbons (Fsp3) is 0.467. The lowest BCUT2D eigenvalue weighted by Gasteiger charge is -2.34. The van der Waals surface area contributed by atoms with Gasteiger partial charge in [0, 0.05) is 57.8 Å². The summed E-state index contributed by atoms with van der Waals surface area (Å²) >= 11 is 0. The SMILES string of the molecule is CN(C(=O)N(C)[C@@H]1CN(C(=O)C2CCN(C3=NC(=O)CO3)CC2)C[C@H]1c1ccc(F)cc1)c1cc(C(F)(F)F)cc(C(F)(F)F)c1. The van der Waals surface area contributed by atoms with Crippen LogP contribution >= 0.6 is 0 Å². The minimum absolute atomic E-state index is 0.0190. The van der Waals surface area contributed by atoms with Gasteiger partial charge in [0.2, 0.25) is 5.91 Å². The average Bonchev–Trinajstić information content (AvgIpc) is 3.66. The zero-order valence-corrected chi connectivity index (χ0v) is 24.7. The van der Waals surface area contributed by atoms with Gasteiger partial charge < -0.3 is 19.4 Å². The van der Waals surface area contributed by atoms with Crippen molar-refractivity contribution in [3.8, 4) is 0 Å². The zero-order valence-electron chi connectivity index (χ0n) is 24.7. The minimum Gasteiger partial charge on any atom is -0.455 e. The Kier molecular flexibility index (Phi) is 8.92. The van der Waals surface area contributed by atoms with E-state index < -0.39 is 58.9 Å². The summed E-state index contributed by atoms with van der Waals surface area (Å²) in [5, 5.41) is 0. The van der Waals surface area contributed by atoms with Gasteiger partial charge in [0.1, 0.15) is 5.82 Å². The Balaban J connectivity index is 1.36. The fourth-order valence-corrected chi connectivity index (χ4v) is 6.05. The number of carbonyl (C=O) groups excluding carboxylic acids is 3. The number of hydrogen-bond donors (Lipinski definition) is 0. The molecule has 3 heterocycles. The zero-order chi connectivity index (χ0) is 33.6. The van der Waals surface area contributed by atoms with Gasteiger partial charge in [0.05, 0.1) is 17.2 Å². The number of anilines is 1. The average molecular weight is 658 g/mol. The van der Waals surface area contributed by atoms with Crippen LogP contribution in [0.5, 0.6) is 0 Å². The third-order valence-corrected chi connectivity index (χ3v) is 8.60. The maximum absolute atomic E-state index is 13.8. The van der Waals surface area contributed by atoms with Crippen LogP contribution in [0.1, 0.15) is 35.4 Å². The van der Waals surface area contributed by atoms with Crippen LogP contribution in [0.25, 0.3) is 0 Å². The molecule has 0 aromatic heterocycles. The summed E-state index contributed by atoms with van der Waals surface area (Å²) in [5.41, 5.74) is -3.15. The van der Waals surface area contributed by atoms with Crippen LogP contribution < -0.4 is 4.90 Å². The Labute approximate surface area is 259 Å². The number of halogens is 7. The van der Waals surface area contributed by atoms with E-state index >= 15 is 0 Å². The van der Waals surface area contributed by atoms with Crippen molar-refractivity contribution in [2.75, 3.05) is 51.8 Å². The molecule has 0 spiro atoms. The number of carbonyl (C=O) groups is 3. The van der Waals surface area contributed by atoms with Crippen molar-refractivity contribution in [2.45, 2.75) is 37.2 Å². The van der Waals surface area contributed by atoms with Crippen LogP contribution in [-0.2, 0) is 26.7 Å². The largest absolute Gasteiger partial charge is 0.455 e. The molecule has 3 aliphatic rings. The normalized spacial score (nSPS) is 20.9. The Bertz CT molecular complexity index is 1490. The van der Waals surface area contributed by atoms with E-state index in [1.807, 2.05) is 0 Å². The fourth-order valence-electron chi connectivity index (χ4n) is 6.05. The van der Waals surface area contributed by atoms with Crippen molar-refractivity contribution < 1.29 is 49.9 Å². The van der Waals surface area contributed by atoms with Crippen molar-refractivity contribution >= 4 is 29.6 Å². The maximum atomic E-state index is 13.8. The molecule has 3 aliphatic heterocycles. The van der Waals surface area contributed by atoms with Crippen LogP contribution in [0.15, 0.2) is 47.5 Å². The van der Waals surface area contributed by atoms with Crippen LogP contribution in [0.4, 0.5) is 41.2 Å². The van der Waals surface area contributed by atoms with Crippen molar-refractivity contribution in [1.82, 2.24) is 14.7 Å². The van der Waals surface area contributed by atoms with Crippen molar-refractivity contribution in [3.63, 3.8) is 0 Å². The Morgan fingerprint density at radius 1 is 0.913 bits per heavy atom. The van der Waals surface area contributed by atoms with Crippen LogP contribution in [0.2, 0.25) is 0 Å². The van der Waals surface area contributed by atoms with Gasteiger partial charge in [-0.1, -0.05) is 12.1 Å². The molecule has 2 atom stereocenters. The number of urea groups is 1. The van der Waals surface area contributed by atoms with Crippen LogP contribution in [0, 0.1) is 11.7 Å². The third-order valence-electron chi connectivity index (χ3n) is 8.60. The number of alkyl halides is 6. The first-order valence-electron chi connectivity index (χ1n) is 14.4. The number of likely N-dealkylation sites (N-methyl/N-ethyl adjacent to an activating group) is 1. The number of aliphatic imine (C=N–C) groups is 1. The minimum atomic E-state index is -5.10. The predicted molar refractivity (Wildman–Crippen MR) is 150 cm³/mol. The van der Waals surface area contributed by atoms with Gasteiger partial charge in [0.25, 0.3) is 11.9 Å². The molecule has 0 radical (unpaired) electrons. The summed E-state index contributed by atoms with van der Waals surface area (Å²) in [7, 11) is 2.42. The molecule has 5 rings (SSSR count). The quantitative estimate of drug-likeness (QED) is 0.434. The smallest absolute Gasteiger partial charge is 0.416 e. The first-order valence-corrected chi connectivity index (χ1v) is 14.4. The molecule has 2 saturated heterocycles. The lowest BCUT2D eigenvalue weighted by atomic mass is 9.93. The first-order chi connectivity index (χ1) is 21.5. The molecule has 0 aliphatic carbocycles. The Morgan fingerprint density at radius 3 is 2.02 bits per heavy atom. The number of hydrogen-bond acceptors (Lipinski definition) is 5. The second kappa shape index (κ2) is 12.4. The van der Waals surface area contributed by atoms with E-state index in [-0.39, 0.29) is 43.6 Å². The molecule has 2 aromatic carbocycles. The van der Waals surface area contributed by atoms with Gasteiger partial charge in [0.15, 0.2) is 6.61 Å². The summed E-state index contributed by atoms with van der Waals surface area (Å²) in [6.45, 7) is 0.871. The summed E-state index contributed by atoms with van der Waals surface area (Å²) in [5.74, 6) is -2.02. The lowest BCUT2D eigenvalue weighted by Crippen LogP contribution is -2.48. The highest BCUT2D eigenvalue weighted by Gasteiger charge is 2.44. The number of benzene rings is 2. The number of piperidine rings is 1. The molecule has 4 amide bonds. The number of amidine groups is 1. The summed E-state index contributed by atoms with van der Waals surface area (Å²) in [6, 6.07) is 4.95. The maximum Gasteiger partial charge on any atom is 0.416 e. The standard InChI is InChI=1S/C30H30F7N5O4/c1-39(22-12-19(29(32,33)34)11-20(13-22)30(35,36)37)28(45)40(2)24-15-42(14-23(24)17-3-5-21(31)6-4-17)26(44)18-7-9-41(10-8-18)27-38-25(43)16-46-27/h3-6,11-13,18,23-24H,7-10,14-16H2,1-2H3/t23-,24+/m0/s1. The monoisotopic (exact) mass is 657 g/mol.